The summed E-state index contributed by atoms with van der Waals surface area (Å²) in [6, 6.07) is 14.4. The summed E-state index contributed by atoms with van der Waals surface area (Å²) in [6.07, 6.45) is -1.49. The van der Waals surface area contributed by atoms with Gasteiger partial charge in [0.2, 0.25) is 0 Å². The van der Waals surface area contributed by atoms with E-state index in [1.807, 2.05) is 24.3 Å². The Morgan fingerprint density at radius 3 is 2.14 bits per heavy atom. The van der Waals surface area contributed by atoms with Crippen molar-refractivity contribution in [2.45, 2.75) is 19.4 Å². The fourth-order valence-corrected chi connectivity index (χ4v) is 2.04. The molecule has 0 amide bonds. The van der Waals surface area contributed by atoms with Gasteiger partial charge in [-0.15, -0.1) is 0 Å². The average molecular weight is 291 g/mol. The topological polar surface area (TPSA) is 21.3 Å². The molecule has 0 aliphatic carbocycles. The van der Waals surface area contributed by atoms with E-state index in [9.17, 15) is 8.78 Å². The first-order valence-corrected chi connectivity index (χ1v) is 6.89. The molecule has 2 aromatic rings. The molecule has 2 aromatic carbocycles. The first-order chi connectivity index (χ1) is 10.2. The van der Waals surface area contributed by atoms with Crippen molar-refractivity contribution in [2.24, 2.45) is 0 Å². The van der Waals surface area contributed by atoms with Crippen molar-refractivity contribution in [3.05, 3.63) is 65.2 Å². The summed E-state index contributed by atoms with van der Waals surface area (Å²) in [6.45, 7) is 1.52. The largest absolute Gasteiger partial charge is 0.497 e. The maximum absolute atomic E-state index is 12.4. The van der Waals surface area contributed by atoms with Gasteiger partial charge in [0.15, 0.2) is 0 Å². The van der Waals surface area contributed by atoms with Crippen LogP contribution in [0.2, 0.25) is 0 Å². The summed E-state index contributed by atoms with van der Waals surface area (Å²) < 4.78 is 30.0. The molecule has 0 radical (unpaired) electrons. The van der Waals surface area contributed by atoms with Gasteiger partial charge in [-0.05, 0) is 36.2 Å². The van der Waals surface area contributed by atoms with Crippen LogP contribution in [-0.2, 0) is 13.0 Å². The van der Waals surface area contributed by atoms with Crippen LogP contribution in [-0.4, -0.2) is 13.7 Å². The van der Waals surface area contributed by atoms with E-state index in [-0.39, 0.29) is 5.56 Å². The van der Waals surface area contributed by atoms with Gasteiger partial charge in [0.1, 0.15) is 5.75 Å². The molecule has 0 aliphatic rings. The monoisotopic (exact) mass is 291 g/mol. The number of hydrogen-bond donors (Lipinski definition) is 1. The second-order valence-electron chi connectivity index (χ2n) is 4.82. The van der Waals surface area contributed by atoms with Gasteiger partial charge in [0.25, 0.3) is 6.43 Å². The SMILES string of the molecule is COc1ccc(CCNCc2ccc(C(F)F)cc2)cc1. The molecule has 1 N–H and O–H groups in total. The highest BCUT2D eigenvalue weighted by Crippen LogP contribution is 2.18. The minimum atomic E-state index is -2.40. The van der Waals surface area contributed by atoms with Crippen LogP contribution >= 0.6 is 0 Å². The van der Waals surface area contributed by atoms with Gasteiger partial charge >= 0.3 is 0 Å². The van der Waals surface area contributed by atoms with Crippen LogP contribution in [0.3, 0.4) is 0 Å². The zero-order chi connectivity index (χ0) is 15.1. The van der Waals surface area contributed by atoms with Crippen LogP contribution in [0, 0.1) is 0 Å². The summed E-state index contributed by atoms with van der Waals surface area (Å²) in [4.78, 5) is 0. The van der Waals surface area contributed by atoms with Gasteiger partial charge in [-0.2, -0.15) is 0 Å². The second kappa shape index (κ2) is 7.74. The van der Waals surface area contributed by atoms with Crippen LogP contribution in [0.5, 0.6) is 5.75 Å². The fourth-order valence-electron chi connectivity index (χ4n) is 2.04. The van der Waals surface area contributed by atoms with E-state index in [4.69, 9.17) is 4.74 Å². The first-order valence-electron chi connectivity index (χ1n) is 6.89. The summed E-state index contributed by atoms with van der Waals surface area (Å²) in [5, 5.41) is 3.31. The van der Waals surface area contributed by atoms with Gasteiger partial charge in [-0.25, -0.2) is 8.78 Å². The Morgan fingerprint density at radius 1 is 0.952 bits per heavy atom. The number of methoxy groups -OCH3 is 1. The fraction of sp³-hybridized carbons (Fsp3) is 0.294. The highest BCUT2D eigenvalue weighted by molar-refractivity contribution is 5.27. The third-order valence-electron chi connectivity index (χ3n) is 3.31. The molecule has 0 aliphatic heterocycles. The van der Waals surface area contributed by atoms with Crippen LogP contribution in [0.1, 0.15) is 23.1 Å². The molecular formula is C17H19F2NO. The van der Waals surface area contributed by atoms with E-state index in [1.54, 1.807) is 19.2 Å². The maximum atomic E-state index is 12.4. The van der Waals surface area contributed by atoms with Crippen molar-refractivity contribution < 1.29 is 13.5 Å². The lowest BCUT2D eigenvalue weighted by atomic mass is 10.1. The Balaban J connectivity index is 1.73. The number of halogens is 2. The van der Waals surface area contributed by atoms with Crippen molar-refractivity contribution in [3.8, 4) is 5.75 Å². The number of ether oxygens (including phenoxy) is 1. The third kappa shape index (κ3) is 4.83. The minimum Gasteiger partial charge on any atom is -0.497 e. The summed E-state index contributed by atoms with van der Waals surface area (Å²) >= 11 is 0. The second-order valence-corrected chi connectivity index (χ2v) is 4.82. The lowest BCUT2D eigenvalue weighted by molar-refractivity contribution is 0.151. The summed E-state index contributed by atoms with van der Waals surface area (Å²) in [5.74, 6) is 0.853. The average Bonchev–Trinajstić information content (AvgIpc) is 2.52. The molecule has 0 unspecified atom stereocenters. The molecule has 0 bridgehead atoms. The van der Waals surface area contributed by atoms with Gasteiger partial charge in [0.05, 0.1) is 7.11 Å². The van der Waals surface area contributed by atoms with Gasteiger partial charge in [-0.3, -0.25) is 0 Å². The highest BCUT2D eigenvalue weighted by atomic mass is 19.3. The Labute approximate surface area is 123 Å². The van der Waals surface area contributed by atoms with Gasteiger partial charge < -0.3 is 10.1 Å². The van der Waals surface area contributed by atoms with Crippen molar-refractivity contribution >= 4 is 0 Å². The number of alkyl halides is 2. The quantitative estimate of drug-likeness (QED) is 0.780. The van der Waals surface area contributed by atoms with E-state index in [0.29, 0.717) is 6.54 Å². The molecule has 0 atom stereocenters. The lowest BCUT2D eigenvalue weighted by Gasteiger charge is -2.07. The lowest BCUT2D eigenvalue weighted by Crippen LogP contribution is -2.16. The minimum absolute atomic E-state index is 0.0667. The molecule has 0 saturated carbocycles. The standard InChI is InChI=1S/C17H19F2NO/c1-21-16-8-4-13(5-9-16)10-11-20-12-14-2-6-15(7-3-14)17(18)19/h2-9,17,20H,10-12H2,1H3. The first kappa shape index (κ1) is 15.4. The highest BCUT2D eigenvalue weighted by Gasteiger charge is 2.05. The molecule has 0 saturated heterocycles. The molecule has 2 rings (SSSR count). The summed E-state index contributed by atoms with van der Waals surface area (Å²) in [5.41, 5.74) is 2.31. The molecule has 0 aromatic heterocycles. The van der Waals surface area contributed by atoms with Crippen LogP contribution in [0.4, 0.5) is 8.78 Å². The number of benzene rings is 2. The van der Waals surface area contributed by atoms with Crippen LogP contribution in [0.15, 0.2) is 48.5 Å². The Kier molecular flexibility index (Phi) is 5.69. The molecule has 21 heavy (non-hydrogen) atoms. The zero-order valence-corrected chi connectivity index (χ0v) is 12.0. The molecule has 4 heteroatoms. The van der Waals surface area contributed by atoms with Crippen LogP contribution < -0.4 is 10.1 Å². The predicted octanol–water partition coefficient (Wildman–Crippen LogP) is 3.97. The molecule has 0 heterocycles. The van der Waals surface area contributed by atoms with Crippen molar-refractivity contribution in [2.75, 3.05) is 13.7 Å². The van der Waals surface area contributed by atoms with Crippen molar-refractivity contribution in [1.29, 1.82) is 0 Å². The van der Waals surface area contributed by atoms with Gasteiger partial charge in [-0.1, -0.05) is 36.4 Å². The number of nitrogens with one attached hydrogen (secondary N) is 1. The van der Waals surface area contributed by atoms with Crippen LogP contribution in [0.25, 0.3) is 0 Å². The Morgan fingerprint density at radius 2 is 1.57 bits per heavy atom. The van der Waals surface area contributed by atoms with E-state index in [0.717, 1.165) is 24.3 Å². The van der Waals surface area contributed by atoms with Crippen molar-refractivity contribution in [1.82, 2.24) is 5.32 Å². The van der Waals surface area contributed by atoms with E-state index in [1.165, 1.54) is 17.7 Å². The molecular weight excluding hydrogens is 272 g/mol. The number of hydrogen-bond acceptors (Lipinski definition) is 2. The Bertz CT molecular complexity index is 538. The van der Waals surface area contributed by atoms with E-state index < -0.39 is 6.43 Å². The Hall–Kier alpha value is -1.94. The molecule has 2 nitrogen and oxygen atoms in total. The smallest absolute Gasteiger partial charge is 0.263 e. The van der Waals surface area contributed by atoms with Gasteiger partial charge in [0, 0.05) is 12.1 Å². The normalized spacial score (nSPS) is 10.9. The summed E-state index contributed by atoms with van der Waals surface area (Å²) in [7, 11) is 1.65. The third-order valence-corrected chi connectivity index (χ3v) is 3.31. The molecule has 0 fully saturated rings. The zero-order valence-electron chi connectivity index (χ0n) is 12.0. The maximum Gasteiger partial charge on any atom is 0.263 e. The molecule has 112 valence electrons. The molecule has 0 spiro atoms. The van der Waals surface area contributed by atoms with Crippen molar-refractivity contribution in [3.63, 3.8) is 0 Å². The van der Waals surface area contributed by atoms with E-state index in [2.05, 4.69) is 5.32 Å². The predicted molar refractivity (Wildman–Crippen MR) is 79.8 cm³/mol. The number of rotatable bonds is 7. The van der Waals surface area contributed by atoms with E-state index >= 15 is 0 Å².